The van der Waals surface area contributed by atoms with Gasteiger partial charge in [-0.2, -0.15) is 0 Å². The summed E-state index contributed by atoms with van der Waals surface area (Å²) in [7, 11) is -2.35. The molecule has 0 aromatic heterocycles. The van der Waals surface area contributed by atoms with E-state index < -0.39 is 10.0 Å². The van der Waals surface area contributed by atoms with Crippen molar-refractivity contribution in [3.05, 3.63) is 48.0 Å². The minimum absolute atomic E-state index is 0.00193. The molecule has 3 unspecified atom stereocenters. The van der Waals surface area contributed by atoms with Crippen molar-refractivity contribution in [3.63, 3.8) is 0 Å². The molecule has 0 aliphatic heterocycles. The Labute approximate surface area is 171 Å². The third-order valence-electron chi connectivity index (χ3n) is 6.17. The number of carbonyl (C=O) groups is 1. The Morgan fingerprint density at radius 3 is 2.59 bits per heavy atom. The van der Waals surface area contributed by atoms with E-state index in [0.717, 1.165) is 19.3 Å². The quantitative estimate of drug-likeness (QED) is 0.743. The second-order valence-corrected chi connectivity index (χ2v) is 9.71. The van der Waals surface area contributed by atoms with Crippen molar-refractivity contribution in [3.8, 4) is 5.75 Å². The molecule has 2 saturated carbocycles. The molecule has 2 aliphatic rings. The largest absolute Gasteiger partial charge is 0.495 e. The minimum Gasteiger partial charge on any atom is -0.495 e. The number of nitrogens with one attached hydrogen (secondary N) is 2. The topological polar surface area (TPSA) is 84.5 Å². The summed E-state index contributed by atoms with van der Waals surface area (Å²) in [5, 5.41) is 2.94. The second-order valence-electron chi connectivity index (χ2n) is 8.06. The van der Waals surface area contributed by atoms with Crippen LogP contribution in [0.3, 0.4) is 0 Å². The van der Waals surface area contributed by atoms with Crippen LogP contribution in [0.15, 0.2) is 47.4 Å². The molecule has 3 atom stereocenters. The van der Waals surface area contributed by atoms with Gasteiger partial charge in [-0.3, -0.25) is 9.52 Å². The highest BCUT2D eigenvalue weighted by molar-refractivity contribution is 7.92. The molecular weight excluding hydrogens is 388 g/mol. The van der Waals surface area contributed by atoms with Gasteiger partial charge < -0.3 is 10.1 Å². The van der Waals surface area contributed by atoms with Gasteiger partial charge in [0.1, 0.15) is 5.75 Å². The number of carbonyl (C=O) groups excluding carboxylic acids is 1. The molecule has 2 fully saturated rings. The van der Waals surface area contributed by atoms with Crippen LogP contribution in [0.4, 0.5) is 11.4 Å². The molecule has 4 rings (SSSR count). The highest BCUT2D eigenvalue weighted by Gasteiger charge is 2.43. The van der Waals surface area contributed by atoms with Gasteiger partial charge in [0.05, 0.1) is 17.7 Å². The van der Waals surface area contributed by atoms with Gasteiger partial charge in [-0.1, -0.05) is 24.6 Å². The predicted octanol–water partition coefficient (Wildman–Crippen LogP) is 4.18. The number of amides is 1. The van der Waals surface area contributed by atoms with Crippen LogP contribution in [-0.4, -0.2) is 21.4 Å². The lowest BCUT2D eigenvalue weighted by molar-refractivity contribution is -0.121. The van der Waals surface area contributed by atoms with Crippen LogP contribution in [0.1, 0.15) is 31.2 Å². The summed E-state index contributed by atoms with van der Waals surface area (Å²) in [5.74, 6) is 1.63. The average Bonchev–Trinajstić information content (AvgIpc) is 3.33. The van der Waals surface area contributed by atoms with Crippen LogP contribution < -0.4 is 14.8 Å². The summed E-state index contributed by atoms with van der Waals surface area (Å²) in [6.07, 6.45) is 4.45. The summed E-state index contributed by atoms with van der Waals surface area (Å²) >= 11 is 0. The van der Waals surface area contributed by atoms with Crippen molar-refractivity contribution in [2.75, 3.05) is 17.1 Å². The maximum atomic E-state index is 13.0. The fraction of sp³-hybridized carbons (Fsp3) is 0.409. The van der Waals surface area contributed by atoms with Crippen molar-refractivity contribution in [1.82, 2.24) is 0 Å². The van der Waals surface area contributed by atoms with Crippen LogP contribution in [0.25, 0.3) is 0 Å². The van der Waals surface area contributed by atoms with E-state index in [9.17, 15) is 13.2 Å². The van der Waals surface area contributed by atoms with Crippen molar-refractivity contribution in [2.45, 2.75) is 37.5 Å². The Balaban J connectivity index is 1.55. The zero-order valence-electron chi connectivity index (χ0n) is 16.6. The van der Waals surface area contributed by atoms with Gasteiger partial charge in [0.2, 0.25) is 5.91 Å². The fourth-order valence-electron chi connectivity index (χ4n) is 4.70. The Morgan fingerprint density at radius 1 is 1.10 bits per heavy atom. The molecule has 0 saturated heterocycles. The van der Waals surface area contributed by atoms with Crippen molar-refractivity contribution in [1.29, 1.82) is 0 Å². The number of rotatable bonds is 6. The van der Waals surface area contributed by atoms with Crippen LogP contribution >= 0.6 is 0 Å². The molecule has 0 spiro atoms. The number of para-hydroxylation sites is 2. The predicted molar refractivity (Wildman–Crippen MR) is 113 cm³/mol. The molecule has 0 heterocycles. The van der Waals surface area contributed by atoms with E-state index in [0.29, 0.717) is 34.5 Å². The van der Waals surface area contributed by atoms with E-state index in [2.05, 4.69) is 10.0 Å². The smallest absolute Gasteiger partial charge is 0.262 e. The number of hydrogen-bond acceptors (Lipinski definition) is 4. The first-order valence-corrected chi connectivity index (χ1v) is 11.4. The number of hydrogen-bond donors (Lipinski definition) is 2. The number of benzene rings is 2. The summed E-state index contributed by atoms with van der Waals surface area (Å²) in [5.41, 5.74) is 1.47. The third kappa shape index (κ3) is 3.96. The number of fused-ring (bicyclic) bond motifs is 2. The first-order valence-electron chi connectivity index (χ1n) is 9.94. The zero-order chi connectivity index (χ0) is 20.6. The normalized spacial score (nSPS) is 23.0. The van der Waals surface area contributed by atoms with E-state index in [1.165, 1.54) is 19.6 Å². The van der Waals surface area contributed by atoms with Crippen molar-refractivity contribution in [2.24, 2.45) is 17.8 Å². The number of aryl methyl sites for hydroxylation is 1. The van der Waals surface area contributed by atoms with E-state index in [-0.39, 0.29) is 16.7 Å². The number of sulfonamides is 1. The van der Waals surface area contributed by atoms with Crippen LogP contribution in [0.2, 0.25) is 0 Å². The Morgan fingerprint density at radius 2 is 1.90 bits per heavy atom. The Hall–Kier alpha value is -2.54. The maximum absolute atomic E-state index is 13.0. The zero-order valence-corrected chi connectivity index (χ0v) is 17.5. The molecule has 0 radical (unpaired) electrons. The molecule has 2 aromatic carbocycles. The summed E-state index contributed by atoms with van der Waals surface area (Å²) in [4.78, 5) is 12.9. The first kappa shape index (κ1) is 19.8. The second kappa shape index (κ2) is 7.71. The number of methoxy groups -OCH3 is 1. The van der Waals surface area contributed by atoms with Crippen LogP contribution in [-0.2, 0) is 14.8 Å². The van der Waals surface area contributed by atoms with Gasteiger partial charge in [0, 0.05) is 11.6 Å². The molecule has 2 bridgehead atoms. The van der Waals surface area contributed by atoms with Crippen molar-refractivity contribution >= 4 is 27.3 Å². The number of ether oxygens (including phenoxy) is 1. The van der Waals surface area contributed by atoms with E-state index in [1.807, 2.05) is 0 Å². The molecule has 2 N–H and O–H groups in total. The molecule has 29 heavy (non-hydrogen) atoms. The molecule has 7 heteroatoms. The summed E-state index contributed by atoms with van der Waals surface area (Å²) in [6.45, 7) is 1.73. The van der Waals surface area contributed by atoms with E-state index in [4.69, 9.17) is 4.74 Å². The van der Waals surface area contributed by atoms with Gasteiger partial charge in [-0.15, -0.1) is 0 Å². The molecule has 2 aliphatic carbocycles. The first-order chi connectivity index (χ1) is 13.9. The summed E-state index contributed by atoms with van der Waals surface area (Å²) in [6, 6.07) is 11.8. The SMILES string of the molecule is COc1ccccc1NS(=O)(=O)c1cc(NC(=O)C2CC3CCC2C3)ccc1C. The highest BCUT2D eigenvalue weighted by atomic mass is 32.2. The molecule has 154 valence electrons. The van der Waals surface area contributed by atoms with Gasteiger partial charge in [0.15, 0.2) is 0 Å². The summed E-state index contributed by atoms with van der Waals surface area (Å²) < 4.78 is 33.8. The van der Waals surface area contributed by atoms with Crippen LogP contribution in [0.5, 0.6) is 5.75 Å². The Kier molecular flexibility index (Phi) is 5.25. The van der Waals surface area contributed by atoms with Crippen LogP contribution in [0, 0.1) is 24.7 Å². The lowest BCUT2D eigenvalue weighted by Crippen LogP contribution is -2.27. The average molecular weight is 415 g/mol. The molecule has 1 amide bonds. The number of anilines is 2. The van der Waals surface area contributed by atoms with Crippen molar-refractivity contribution < 1.29 is 17.9 Å². The van der Waals surface area contributed by atoms with Gasteiger partial charge in [-0.25, -0.2) is 8.42 Å². The Bertz CT molecular complexity index is 1030. The lowest BCUT2D eigenvalue weighted by Gasteiger charge is -2.21. The third-order valence-corrected chi connectivity index (χ3v) is 7.68. The van der Waals surface area contributed by atoms with Gasteiger partial charge >= 0.3 is 0 Å². The molecular formula is C22H26N2O4S. The standard InChI is InChI=1S/C22H26N2O4S/c1-14-7-10-17(23-22(25)18-12-15-8-9-16(18)11-15)13-21(14)29(26,27)24-19-5-3-4-6-20(19)28-2/h3-7,10,13,15-16,18,24H,8-9,11-12H2,1-2H3,(H,23,25). The van der Waals surface area contributed by atoms with Gasteiger partial charge in [-0.05, 0) is 67.9 Å². The van der Waals surface area contributed by atoms with E-state index in [1.54, 1.807) is 43.3 Å². The molecule has 6 nitrogen and oxygen atoms in total. The lowest BCUT2D eigenvalue weighted by atomic mass is 9.88. The van der Waals surface area contributed by atoms with Gasteiger partial charge in [0.25, 0.3) is 10.0 Å². The highest BCUT2D eigenvalue weighted by Crippen LogP contribution is 2.48. The maximum Gasteiger partial charge on any atom is 0.262 e. The van der Waals surface area contributed by atoms with E-state index >= 15 is 0 Å². The molecule has 2 aromatic rings. The monoisotopic (exact) mass is 414 g/mol. The fourth-order valence-corrected chi connectivity index (χ4v) is 6.04. The minimum atomic E-state index is -3.84.